The minimum Gasteiger partial charge on any atom is -0.256 e. The monoisotopic (exact) mass is 398 g/mol. The van der Waals surface area contributed by atoms with Crippen molar-refractivity contribution >= 4 is 0 Å². The molecule has 31 heavy (non-hydrogen) atoms. The number of nitrogens with zero attached hydrogens (tertiary/aromatic N) is 2. The zero-order chi connectivity index (χ0) is 21.0. The largest absolute Gasteiger partial charge is 0.256 e. The molecule has 5 rings (SSSR count). The van der Waals surface area contributed by atoms with Crippen LogP contribution in [0.5, 0.6) is 0 Å². The van der Waals surface area contributed by atoms with Gasteiger partial charge in [-0.2, -0.15) is 0 Å². The highest BCUT2D eigenvalue weighted by Crippen LogP contribution is 2.30. The number of pyridine rings is 2. The van der Waals surface area contributed by atoms with Gasteiger partial charge in [-0.15, -0.1) is 0 Å². The van der Waals surface area contributed by atoms with Crippen LogP contribution in [0.3, 0.4) is 0 Å². The lowest BCUT2D eigenvalue weighted by atomic mass is 9.95. The highest BCUT2D eigenvalue weighted by Gasteiger charge is 2.06. The highest BCUT2D eigenvalue weighted by molar-refractivity contribution is 5.76. The summed E-state index contributed by atoms with van der Waals surface area (Å²) in [5.74, 6) is 0. The summed E-state index contributed by atoms with van der Waals surface area (Å²) < 4.78 is 0. The Balaban J connectivity index is 1.45. The first-order valence-electron chi connectivity index (χ1n) is 10.4. The van der Waals surface area contributed by atoms with Gasteiger partial charge in [-0.05, 0) is 65.1 Å². The normalized spacial score (nSPS) is 10.7. The van der Waals surface area contributed by atoms with Crippen LogP contribution in [-0.4, -0.2) is 9.97 Å². The third-order valence-electron chi connectivity index (χ3n) is 5.44. The summed E-state index contributed by atoms with van der Waals surface area (Å²) in [6.45, 7) is 2.15. The molecule has 0 unspecified atom stereocenters. The van der Waals surface area contributed by atoms with Gasteiger partial charge < -0.3 is 0 Å². The molecule has 0 atom stereocenters. The van der Waals surface area contributed by atoms with Crippen molar-refractivity contribution < 1.29 is 0 Å². The third kappa shape index (κ3) is 4.15. The summed E-state index contributed by atoms with van der Waals surface area (Å²) >= 11 is 0. The van der Waals surface area contributed by atoms with Gasteiger partial charge in [0.05, 0.1) is 11.4 Å². The fraction of sp³-hybridized carbons (Fsp3) is 0.0345. The van der Waals surface area contributed by atoms with Gasteiger partial charge in [0.2, 0.25) is 0 Å². The van der Waals surface area contributed by atoms with Crippen LogP contribution < -0.4 is 0 Å². The number of rotatable bonds is 4. The average molecular weight is 399 g/mol. The first-order valence-corrected chi connectivity index (χ1v) is 10.4. The van der Waals surface area contributed by atoms with Gasteiger partial charge in [0.25, 0.3) is 0 Å². The maximum Gasteiger partial charge on any atom is 0.0701 e. The zero-order valence-corrected chi connectivity index (χ0v) is 17.4. The molecule has 0 aliphatic rings. The van der Waals surface area contributed by atoms with Gasteiger partial charge in [-0.1, -0.05) is 72.8 Å². The number of aryl methyl sites for hydroxylation is 1. The third-order valence-corrected chi connectivity index (χ3v) is 5.44. The summed E-state index contributed by atoms with van der Waals surface area (Å²) in [6.07, 6.45) is 3.66. The fourth-order valence-corrected chi connectivity index (χ4v) is 3.85. The Bertz CT molecular complexity index is 1190. The van der Waals surface area contributed by atoms with Crippen LogP contribution in [0.4, 0.5) is 0 Å². The number of hydrogen-bond donors (Lipinski definition) is 0. The number of aromatic nitrogens is 2. The van der Waals surface area contributed by atoms with Crippen LogP contribution in [-0.2, 0) is 0 Å². The lowest BCUT2D eigenvalue weighted by Gasteiger charge is -2.10. The average Bonchev–Trinajstić information content (AvgIpc) is 2.85. The quantitative estimate of drug-likeness (QED) is 0.314. The summed E-state index contributed by atoms with van der Waals surface area (Å²) in [6, 6.07) is 36.0. The molecule has 0 aliphatic carbocycles. The van der Waals surface area contributed by atoms with Crippen molar-refractivity contribution in [1.29, 1.82) is 0 Å². The van der Waals surface area contributed by atoms with E-state index >= 15 is 0 Å². The Morgan fingerprint density at radius 3 is 1.23 bits per heavy atom. The predicted molar refractivity (Wildman–Crippen MR) is 129 cm³/mol. The Labute approximate surface area is 182 Å². The van der Waals surface area contributed by atoms with Crippen molar-refractivity contribution in [1.82, 2.24) is 9.97 Å². The van der Waals surface area contributed by atoms with E-state index < -0.39 is 0 Å². The lowest BCUT2D eigenvalue weighted by molar-refractivity contribution is 1.33. The van der Waals surface area contributed by atoms with Crippen molar-refractivity contribution in [3.8, 4) is 44.8 Å². The number of benzene rings is 3. The Morgan fingerprint density at radius 2 is 0.839 bits per heavy atom. The molecule has 3 aromatic carbocycles. The zero-order valence-electron chi connectivity index (χ0n) is 17.4. The van der Waals surface area contributed by atoms with Crippen LogP contribution in [0.25, 0.3) is 44.8 Å². The van der Waals surface area contributed by atoms with Crippen molar-refractivity contribution in [3.63, 3.8) is 0 Å². The molecular weight excluding hydrogens is 376 g/mol. The van der Waals surface area contributed by atoms with E-state index in [0.717, 1.165) is 22.5 Å². The summed E-state index contributed by atoms with van der Waals surface area (Å²) in [4.78, 5) is 8.89. The van der Waals surface area contributed by atoms with Gasteiger partial charge in [-0.3, -0.25) is 9.97 Å². The molecule has 5 aromatic rings. The maximum atomic E-state index is 4.44. The topological polar surface area (TPSA) is 25.8 Å². The predicted octanol–water partition coefficient (Wildman–Crippen LogP) is 7.45. The molecule has 0 spiro atoms. The molecule has 0 aliphatic heterocycles. The van der Waals surface area contributed by atoms with E-state index in [2.05, 4.69) is 83.6 Å². The highest BCUT2D eigenvalue weighted by atomic mass is 14.7. The maximum absolute atomic E-state index is 4.44. The molecule has 0 fully saturated rings. The first kappa shape index (κ1) is 19.0. The summed E-state index contributed by atoms with van der Waals surface area (Å²) in [7, 11) is 0. The Hall–Kier alpha value is -4.04. The molecule has 2 nitrogen and oxygen atoms in total. The molecule has 0 saturated heterocycles. The standard InChI is InChI=1S/C29H22N2/c1-21-18-26(22-8-12-24(13-9-22)28-6-2-4-16-30-28)20-27(19-21)23-10-14-25(15-11-23)29-7-3-5-17-31-29/h2-20H,1H3. The van der Waals surface area contributed by atoms with Crippen LogP contribution in [0.15, 0.2) is 116 Å². The molecule has 148 valence electrons. The van der Waals surface area contributed by atoms with E-state index in [4.69, 9.17) is 0 Å². The van der Waals surface area contributed by atoms with Crippen LogP contribution in [0.1, 0.15) is 5.56 Å². The second-order valence-electron chi connectivity index (χ2n) is 7.67. The van der Waals surface area contributed by atoms with Crippen molar-refractivity contribution in [3.05, 3.63) is 121 Å². The minimum atomic E-state index is 0.993. The molecular formula is C29H22N2. The molecule has 0 bridgehead atoms. The second-order valence-corrected chi connectivity index (χ2v) is 7.67. The van der Waals surface area contributed by atoms with Gasteiger partial charge in [0.15, 0.2) is 0 Å². The molecule has 2 aromatic heterocycles. The molecule has 0 N–H and O–H groups in total. The van der Waals surface area contributed by atoms with Gasteiger partial charge in [-0.25, -0.2) is 0 Å². The second kappa shape index (κ2) is 8.37. The minimum absolute atomic E-state index is 0.993. The van der Waals surface area contributed by atoms with E-state index in [0.29, 0.717) is 0 Å². The van der Waals surface area contributed by atoms with E-state index in [1.165, 1.54) is 27.8 Å². The summed E-state index contributed by atoms with van der Waals surface area (Å²) in [5.41, 5.74) is 10.3. The van der Waals surface area contributed by atoms with Gasteiger partial charge in [0.1, 0.15) is 0 Å². The van der Waals surface area contributed by atoms with Crippen molar-refractivity contribution in [2.24, 2.45) is 0 Å². The SMILES string of the molecule is Cc1cc(-c2ccc(-c3ccccn3)cc2)cc(-c2ccc(-c3ccccn3)cc2)c1. The van der Waals surface area contributed by atoms with Gasteiger partial charge in [0, 0.05) is 23.5 Å². The number of hydrogen-bond acceptors (Lipinski definition) is 2. The molecule has 0 saturated carbocycles. The van der Waals surface area contributed by atoms with Crippen LogP contribution >= 0.6 is 0 Å². The van der Waals surface area contributed by atoms with Gasteiger partial charge >= 0.3 is 0 Å². The molecule has 2 heteroatoms. The van der Waals surface area contributed by atoms with E-state index in [-0.39, 0.29) is 0 Å². The van der Waals surface area contributed by atoms with Crippen molar-refractivity contribution in [2.45, 2.75) is 6.92 Å². The Kier molecular flexibility index (Phi) is 5.12. The summed E-state index contributed by atoms with van der Waals surface area (Å²) in [5, 5.41) is 0. The van der Waals surface area contributed by atoms with E-state index in [1.807, 2.05) is 48.8 Å². The molecule has 0 amide bonds. The van der Waals surface area contributed by atoms with Crippen LogP contribution in [0, 0.1) is 6.92 Å². The van der Waals surface area contributed by atoms with Crippen molar-refractivity contribution in [2.75, 3.05) is 0 Å². The van der Waals surface area contributed by atoms with E-state index in [1.54, 1.807) is 0 Å². The molecule has 0 radical (unpaired) electrons. The fourth-order valence-electron chi connectivity index (χ4n) is 3.85. The molecule has 2 heterocycles. The lowest BCUT2D eigenvalue weighted by Crippen LogP contribution is -1.87. The van der Waals surface area contributed by atoms with Crippen LogP contribution in [0.2, 0.25) is 0 Å². The first-order chi connectivity index (χ1) is 15.3. The van der Waals surface area contributed by atoms with E-state index in [9.17, 15) is 0 Å². The Morgan fingerprint density at radius 1 is 0.419 bits per heavy atom. The smallest absolute Gasteiger partial charge is 0.0701 e.